The molecule has 0 saturated carbocycles. The molecule has 0 radical (unpaired) electrons. The number of benzene rings is 1. The number of hydrogen-bond donors (Lipinski definition) is 1. The topological polar surface area (TPSA) is 94.4 Å². The minimum atomic E-state index is -0.542. The number of rotatable bonds is 4. The van der Waals surface area contributed by atoms with E-state index in [1.54, 1.807) is 0 Å². The van der Waals surface area contributed by atoms with Crippen LogP contribution in [-0.2, 0) is 12.8 Å². The van der Waals surface area contributed by atoms with E-state index in [0.29, 0.717) is 11.0 Å². The van der Waals surface area contributed by atoms with E-state index in [4.69, 9.17) is 4.74 Å². The Kier molecular flexibility index (Phi) is 4.48. The molecule has 1 aliphatic rings. The van der Waals surface area contributed by atoms with Crippen molar-refractivity contribution in [2.24, 2.45) is 5.92 Å². The number of aryl methyl sites for hydroxylation is 1. The van der Waals surface area contributed by atoms with Gasteiger partial charge in [-0.15, -0.1) is 11.3 Å². The van der Waals surface area contributed by atoms with Gasteiger partial charge in [-0.2, -0.15) is 0 Å². The third-order valence-corrected chi connectivity index (χ3v) is 5.08. The number of carbonyl (C=O) groups excluding carboxylic acids is 1. The molecule has 0 aliphatic heterocycles. The van der Waals surface area contributed by atoms with Gasteiger partial charge in [-0.1, -0.05) is 6.92 Å². The van der Waals surface area contributed by atoms with E-state index >= 15 is 0 Å². The average molecular weight is 347 g/mol. The normalized spacial score (nSPS) is 16.3. The summed E-state index contributed by atoms with van der Waals surface area (Å²) in [6, 6.07) is 3.93. The Balaban J connectivity index is 1.85. The number of nitrogens with zero attached hydrogens (tertiary/aromatic N) is 2. The van der Waals surface area contributed by atoms with Gasteiger partial charge in [0.25, 0.3) is 11.6 Å². The van der Waals surface area contributed by atoms with Crippen LogP contribution >= 0.6 is 11.3 Å². The summed E-state index contributed by atoms with van der Waals surface area (Å²) in [6.45, 7) is 2.20. The second kappa shape index (κ2) is 6.56. The van der Waals surface area contributed by atoms with Crippen LogP contribution in [0.4, 0.5) is 10.8 Å². The Hall–Kier alpha value is -2.48. The Labute approximate surface area is 142 Å². The summed E-state index contributed by atoms with van der Waals surface area (Å²) in [6.07, 6.45) is 2.99. The number of methoxy groups -OCH3 is 1. The summed E-state index contributed by atoms with van der Waals surface area (Å²) >= 11 is 1.47. The maximum absolute atomic E-state index is 12.5. The maximum atomic E-state index is 12.5. The predicted octanol–water partition coefficient (Wildman–Crippen LogP) is 3.44. The fourth-order valence-corrected chi connectivity index (χ4v) is 3.91. The molecule has 1 atom stereocenters. The number of carbonyl (C=O) groups is 1. The predicted molar refractivity (Wildman–Crippen MR) is 90.9 cm³/mol. The summed E-state index contributed by atoms with van der Waals surface area (Å²) < 4.78 is 5.13. The van der Waals surface area contributed by atoms with Gasteiger partial charge in [0.15, 0.2) is 5.13 Å². The molecule has 1 aromatic carbocycles. The van der Waals surface area contributed by atoms with Crippen molar-refractivity contribution in [1.82, 2.24) is 4.98 Å². The standard InChI is InChI=1S/C16H17N3O4S/c1-9-3-5-12-14(7-9)24-16(17-12)18-15(20)11-8-10(19(21)22)4-6-13(11)23-2/h4,6,8-9H,3,5,7H2,1-2H3,(H,17,18,20). The Morgan fingerprint density at radius 2 is 2.29 bits per heavy atom. The number of nitro benzene ring substituents is 1. The van der Waals surface area contributed by atoms with Gasteiger partial charge in [0, 0.05) is 17.0 Å². The van der Waals surface area contributed by atoms with Crippen molar-refractivity contribution < 1.29 is 14.5 Å². The lowest BCUT2D eigenvalue weighted by molar-refractivity contribution is -0.384. The van der Waals surface area contributed by atoms with Gasteiger partial charge < -0.3 is 4.74 Å². The molecule has 3 rings (SSSR count). The van der Waals surface area contributed by atoms with Gasteiger partial charge in [-0.25, -0.2) is 4.98 Å². The van der Waals surface area contributed by atoms with E-state index in [-0.39, 0.29) is 17.0 Å². The molecule has 1 heterocycles. The number of nitro groups is 1. The number of aromatic nitrogens is 1. The SMILES string of the molecule is COc1ccc([N+](=O)[O-])cc1C(=O)Nc1nc2c(s1)CC(C)CC2. The van der Waals surface area contributed by atoms with Crippen LogP contribution in [0.2, 0.25) is 0 Å². The number of amides is 1. The number of anilines is 1. The molecular formula is C16H17N3O4S. The third-order valence-electron chi connectivity index (χ3n) is 4.05. The van der Waals surface area contributed by atoms with E-state index < -0.39 is 10.8 Å². The zero-order valence-electron chi connectivity index (χ0n) is 13.4. The zero-order chi connectivity index (χ0) is 17.3. The van der Waals surface area contributed by atoms with Gasteiger partial charge >= 0.3 is 0 Å². The summed E-state index contributed by atoms with van der Waals surface area (Å²) in [4.78, 5) is 28.6. The lowest BCUT2D eigenvalue weighted by Crippen LogP contribution is -2.13. The molecule has 0 spiro atoms. The van der Waals surface area contributed by atoms with E-state index in [0.717, 1.165) is 25.0 Å². The highest BCUT2D eigenvalue weighted by atomic mass is 32.1. The van der Waals surface area contributed by atoms with Gasteiger partial charge in [0.05, 0.1) is 23.3 Å². The highest BCUT2D eigenvalue weighted by Gasteiger charge is 2.22. The number of thiazole rings is 1. The molecular weight excluding hydrogens is 330 g/mol. The quantitative estimate of drug-likeness (QED) is 0.675. The summed E-state index contributed by atoms with van der Waals surface area (Å²) in [5, 5.41) is 14.2. The fourth-order valence-electron chi connectivity index (χ4n) is 2.74. The first kappa shape index (κ1) is 16.4. The van der Waals surface area contributed by atoms with Crippen LogP contribution in [0.5, 0.6) is 5.75 Å². The monoisotopic (exact) mass is 347 g/mol. The van der Waals surface area contributed by atoms with Gasteiger partial charge in [0.2, 0.25) is 0 Å². The number of hydrogen-bond acceptors (Lipinski definition) is 6. The lowest BCUT2D eigenvalue weighted by Gasteiger charge is -2.15. The van der Waals surface area contributed by atoms with E-state index in [1.807, 2.05) is 0 Å². The van der Waals surface area contributed by atoms with Crippen LogP contribution in [0.15, 0.2) is 18.2 Å². The van der Waals surface area contributed by atoms with Gasteiger partial charge in [-0.3, -0.25) is 20.2 Å². The molecule has 24 heavy (non-hydrogen) atoms. The average Bonchev–Trinajstić information content (AvgIpc) is 2.95. The van der Waals surface area contributed by atoms with Crippen LogP contribution in [0.1, 0.15) is 34.3 Å². The molecule has 7 nitrogen and oxygen atoms in total. The van der Waals surface area contributed by atoms with Crippen LogP contribution in [0, 0.1) is 16.0 Å². The van der Waals surface area contributed by atoms with Gasteiger partial charge in [0.1, 0.15) is 5.75 Å². The lowest BCUT2D eigenvalue weighted by atomic mass is 9.93. The molecule has 8 heteroatoms. The van der Waals surface area contributed by atoms with E-state index in [2.05, 4.69) is 17.2 Å². The Morgan fingerprint density at radius 3 is 3.00 bits per heavy atom. The molecule has 1 aromatic heterocycles. The summed E-state index contributed by atoms with van der Waals surface area (Å²) in [5.74, 6) is 0.445. The highest BCUT2D eigenvalue weighted by molar-refractivity contribution is 7.15. The van der Waals surface area contributed by atoms with E-state index in [1.165, 1.54) is 41.5 Å². The van der Waals surface area contributed by atoms with Crippen molar-refractivity contribution in [2.45, 2.75) is 26.2 Å². The van der Waals surface area contributed by atoms with Crippen molar-refractivity contribution >= 4 is 28.1 Å². The number of ether oxygens (including phenoxy) is 1. The maximum Gasteiger partial charge on any atom is 0.270 e. The highest BCUT2D eigenvalue weighted by Crippen LogP contribution is 2.33. The Bertz CT molecular complexity index is 803. The fraction of sp³-hybridized carbons (Fsp3) is 0.375. The van der Waals surface area contributed by atoms with Crippen molar-refractivity contribution in [1.29, 1.82) is 0 Å². The van der Waals surface area contributed by atoms with Crippen molar-refractivity contribution in [3.8, 4) is 5.75 Å². The largest absolute Gasteiger partial charge is 0.496 e. The second-order valence-electron chi connectivity index (χ2n) is 5.83. The molecule has 1 amide bonds. The van der Waals surface area contributed by atoms with Crippen LogP contribution in [-0.4, -0.2) is 22.9 Å². The molecule has 126 valence electrons. The smallest absolute Gasteiger partial charge is 0.270 e. The molecule has 2 aromatic rings. The first-order valence-electron chi connectivity index (χ1n) is 7.60. The summed E-state index contributed by atoms with van der Waals surface area (Å²) in [5.41, 5.74) is 1.00. The molecule has 0 saturated heterocycles. The first-order valence-corrected chi connectivity index (χ1v) is 8.42. The minimum Gasteiger partial charge on any atom is -0.496 e. The summed E-state index contributed by atoms with van der Waals surface area (Å²) in [7, 11) is 1.42. The van der Waals surface area contributed by atoms with E-state index in [9.17, 15) is 14.9 Å². The Morgan fingerprint density at radius 1 is 1.50 bits per heavy atom. The van der Waals surface area contributed by atoms with Crippen LogP contribution in [0.25, 0.3) is 0 Å². The number of non-ortho nitro benzene ring substituents is 1. The van der Waals surface area contributed by atoms with Crippen molar-refractivity contribution in [2.75, 3.05) is 12.4 Å². The molecule has 1 N–H and O–H groups in total. The zero-order valence-corrected chi connectivity index (χ0v) is 14.2. The number of nitrogens with one attached hydrogen (secondary N) is 1. The van der Waals surface area contributed by atoms with Gasteiger partial charge in [-0.05, 0) is 31.2 Å². The molecule has 1 aliphatic carbocycles. The second-order valence-corrected chi connectivity index (χ2v) is 6.92. The molecule has 0 bridgehead atoms. The third kappa shape index (κ3) is 3.23. The minimum absolute atomic E-state index is 0.119. The first-order chi connectivity index (χ1) is 11.5. The van der Waals surface area contributed by atoms with Crippen molar-refractivity contribution in [3.05, 3.63) is 44.4 Å². The van der Waals surface area contributed by atoms with Crippen LogP contribution in [0.3, 0.4) is 0 Å². The van der Waals surface area contributed by atoms with Crippen molar-refractivity contribution in [3.63, 3.8) is 0 Å². The molecule has 0 fully saturated rings. The number of fused-ring (bicyclic) bond motifs is 1. The molecule has 1 unspecified atom stereocenters. The van der Waals surface area contributed by atoms with Crippen LogP contribution < -0.4 is 10.1 Å².